The predicted molar refractivity (Wildman–Crippen MR) is 215 cm³/mol. The zero-order valence-corrected chi connectivity index (χ0v) is 33.7. The van der Waals surface area contributed by atoms with Crippen LogP contribution >= 0.6 is 0 Å². The van der Waals surface area contributed by atoms with Gasteiger partial charge >= 0.3 is 11.9 Å². The van der Waals surface area contributed by atoms with E-state index < -0.39 is 6.10 Å². The summed E-state index contributed by atoms with van der Waals surface area (Å²) in [6.07, 6.45) is 48.5. The highest BCUT2D eigenvalue weighted by atomic mass is 16.6. The highest BCUT2D eigenvalue weighted by Gasteiger charge is 2.16. The van der Waals surface area contributed by atoms with Gasteiger partial charge in [-0.1, -0.05) is 206 Å². The molecule has 0 aromatic rings. The quantitative estimate of drug-likeness (QED) is 0.0389. The third-order valence-corrected chi connectivity index (χ3v) is 10.1. The predicted octanol–water partition coefficient (Wildman–Crippen LogP) is 14.1. The number of carbonyl (C=O) groups is 2. The summed E-state index contributed by atoms with van der Waals surface area (Å²) in [5.41, 5.74) is 0. The summed E-state index contributed by atoms with van der Waals surface area (Å²) in [5, 5.41) is 9.58. The van der Waals surface area contributed by atoms with Crippen LogP contribution < -0.4 is 0 Å². The lowest BCUT2D eigenvalue weighted by atomic mass is 10.0. The van der Waals surface area contributed by atoms with Crippen molar-refractivity contribution in [2.75, 3.05) is 13.2 Å². The molecule has 0 saturated carbocycles. The maximum Gasteiger partial charge on any atom is 0.306 e. The van der Waals surface area contributed by atoms with Gasteiger partial charge in [0.25, 0.3) is 0 Å². The van der Waals surface area contributed by atoms with Crippen molar-refractivity contribution in [2.24, 2.45) is 0 Å². The van der Waals surface area contributed by atoms with Crippen molar-refractivity contribution in [1.29, 1.82) is 0 Å². The molecule has 0 aliphatic rings. The molecule has 296 valence electrons. The molecule has 5 nitrogen and oxygen atoms in total. The second kappa shape index (κ2) is 42.1. The summed E-state index contributed by atoms with van der Waals surface area (Å²) in [5.74, 6) is -0.581. The SMILES string of the molecule is CCCCCCCCC=CCCCCCCCCCC(=O)OC(CO)COC(=O)CCCCCCCCCCCCCCCCCCCCC. The van der Waals surface area contributed by atoms with E-state index in [1.165, 1.54) is 186 Å². The minimum atomic E-state index is -0.767. The fourth-order valence-corrected chi connectivity index (χ4v) is 6.67. The molecule has 0 radical (unpaired) electrons. The summed E-state index contributed by atoms with van der Waals surface area (Å²) < 4.78 is 10.6. The topological polar surface area (TPSA) is 72.8 Å². The number of allylic oxidation sites excluding steroid dienone is 2. The number of carbonyl (C=O) groups excluding carboxylic acids is 2. The normalized spacial score (nSPS) is 12.1. The van der Waals surface area contributed by atoms with E-state index in [4.69, 9.17) is 9.47 Å². The van der Waals surface area contributed by atoms with Crippen LogP contribution in [0.5, 0.6) is 0 Å². The average molecular weight is 707 g/mol. The van der Waals surface area contributed by atoms with E-state index in [0.717, 1.165) is 32.1 Å². The lowest BCUT2D eigenvalue weighted by molar-refractivity contribution is -0.161. The van der Waals surface area contributed by atoms with Crippen LogP contribution in [0.4, 0.5) is 0 Å². The van der Waals surface area contributed by atoms with Crippen molar-refractivity contribution in [1.82, 2.24) is 0 Å². The Kier molecular flexibility index (Phi) is 40.9. The molecule has 50 heavy (non-hydrogen) atoms. The first-order valence-electron chi connectivity index (χ1n) is 22.2. The minimum Gasteiger partial charge on any atom is -0.462 e. The van der Waals surface area contributed by atoms with E-state index in [1.807, 2.05) is 0 Å². The van der Waals surface area contributed by atoms with Crippen LogP contribution in [0.25, 0.3) is 0 Å². The van der Waals surface area contributed by atoms with E-state index in [0.29, 0.717) is 12.8 Å². The van der Waals surface area contributed by atoms with Crippen molar-refractivity contribution in [3.8, 4) is 0 Å². The molecule has 5 heteroatoms. The lowest BCUT2D eigenvalue weighted by Crippen LogP contribution is -2.28. The molecule has 0 spiro atoms. The van der Waals surface area contributed by atoms with Gasteiger partial charge in [0.2, 0.25) is 0 Å². The molecular weight excluding hydrogens is 620 g/mol. The third kappa shape index (κ3) is 39.4. The van der Waals surface area contributed by atoms with E-state index in [9.17, 15) is 14.7 Å². The molecule has 0 bridgehead atoms. The third-order valence-electron chi connectivity index (χ3n) is 10.1. The standard InChI is InChI=1S/C45H86O5/c1-3-5-7-9-11-13-15-17-19-21-22-24-25-27-29-31-33-35-37-39-44(47)49-42-43(41-46)50-45(48)40-38-36-34-32-30-28-26-23-20-18-16-14-12-10-8-6-4-2/h18,20,43,46H,3-17,19,21-42H2,1-2H3. The van der Waals surface area contributed by atoms with Crippen molar-refractivity contribution in [2.45, 2.75) is 251 Å². The largest absolute Gasteiger partial charge is 0.462 e. The Hall–Kier alpha value is -1.36. The fraction of sp³-hybridized carbons (Fsp3) is 0.911. The first-order chi connectivity index (χ1) is 24.6. The van der Waals surface area contributed by atoms with Crippen molar-refractivity contribution >= 4 is 11.9 Å². The lowest BCUT2D eigenvalue weighted by Gasteiger charge is -2.15. The molecule has 0 fully saturated rings. The molecule has 0 heterocycles. The molecule has 0 aromatic heterocycles. The second-order valence-corrected chi connectivity index (χ2v) is 15.1. The highest BCUT2D eigenvalue weighted by molar-refractivity contribution is 5.70. The molecule has 0 aliphatic carbocycles. The number of rotatable bonds is 41. The molecule has 1 unspecified atom stereocenters. The van der Waals surface area contributed by atoms with Crippen LogP contribution in [0, 0.1) is 0 Å². The first kappa shape index (κ1) is 48.6. The summed E-state index contributed by atoms with van der Waals surface area (Å²) >= 11 is 0. The number of ether oxygens (including phenoxy) is 2. The molecule has 0 aromatic carbocycles. The Morgan fingerprint density at radius 2 is 0.740 bits per heavy atom. The summed E-state index contributed by atoms with van der Waals surface area (Å²) in [4.78, 5) is 24.3. The second-order valence-electron chi connectivity index (χ2n) is 15.1. The van der Waals surface area contributed by atoms with Gasteiger partial charge < -0.3 is 14.6 Å². The van der Waals surface area contributed by atoms with Gasteiger partial charge in [0.05, 0.1) is 6.61 Å². The Bertz CT molecular complexity index is 720. The Morgan fingerprint density at radius 3 is 1.08 bits per heavy atom. The molecular formula is C45H86O5. The number of aliphatic hydroxyl groups excluding tert-OH is 1. The van der Waals surface area contributed by atoms with Crippen LogP contribution in [-0.2, 0) is 19.1 Å². The summed E-state index contributed by atoms with van der Waals surface area (Å²) in [6.45, 7) is 4.16. The van der Waals surface area contributed by atoms with E-state index in [1.54, 1.807) is 0 Å². The summed E-state index contributed by atoms with van der Waals surface area (Å²) in [6, 6.07) is 0. The van der Waals surface area contributed by atoms with Gasteiger partial charge in [-0.3, -0.25) is 9.59 Å². The minimum absolute atomic E-state index is 0.0611. The fourth-order valence-electron chi connectivity index (χ4n) is 6.67. The number of aliphatic hydroxyl groups is 1. The van der Waals surface area contributed by atoms with Gasteiger partial charge in [-0.2, -0.15) is 0 Å². The molecule has 0 aliphatic heterocycles. The summed E-state index contributed by atoms with van der Waals surface area (Å²) in [7, 11) is 0. The molecule has 0 amide bonds. The zero-order valence-electron chi connectivity index (χ0n) is 33.7. The van der Waals surface area contributed by atoms with E-state index in [2.05, 4.69) is 26.0 Å². The number of esters is 2. The van der Waals surface area contributed by atoms with Crippen molar-refractivity contribution in [3.63, 3.8) is 0 Å². The number of hydrogen-bond donors (Lipinski definition) is 1. The zero-order chi connectivity index (χ0) is 36.4. The molecule has 0 rings (SSSR count). The van der Waals surface area contributed by atoms with Gasteiger partial charge in [-0.25, -0.2) is 0 Å². The van der Waals surface area contributed by atoms with Crippen LogP contribution in [-0.4, -0.2) is 36.4 Å². The number of unbranched alkanes of at least 4 members (excludes halogenated alkanes) is 31. The van der Waals surface area contributed by atoms with E-state index >= 15 is 0 Å². The molecule has 1 atom stereocenters. The Labute approximate surface area is 311 Å². The Morgan fingerprint density at radius 1 is 0.440 bits per heavy atom. The van der Waals surface area contributed by atoms with E-state index in [-0.39, 0.29) is 25.2 Å². The first-order valence-corrected chi connectivity index (χ1v) is 22.2. The highest BCUT2D eigenvalue weighted by Crippen LogP contribution is 2.16. The smallest absolute Gasteiger partial charge is 0.306 e. The Balaban J connectivity index is 3.48. The van der Waals surface area contributed by atoms with Gasteiger partial charge in [0, 0.05) is 12.8 Å². The average Bonchev–Trinajstić information content (AvgIpc) is 3.12. The van der Waals surface area contributed by atoms with Crippen LogP contribution in [0.3, 0.4) is 0 Å². The molecule has 1 N–H and O–H groups in total. The van der Waals surface area contributed by atoms with Gasteiger partial charge in [0.1, 0.15) is 6.61 Å². The van der Waals surface area contributed by atoms with Crippen molar-refractivity contribution < 1.29 is 24.2 Å². The maximum absolute atomic E-state index is 12.2. The van der Waals surface area contributed by atoms with Gasteiger partial charge in [-0.05, 0) is 38.5 Å². The van der Waals surface area contributed by atoms with Gasteiger partial charge in [-0.15, -0.1) is 0 Å². The van der Waals surface area contributed by atoms with Crippen LogP contribution in [0.15, 0.2) is 12.2 Å². The number of hydrogen-bond acceptors (Lipinski definition) is 5. The van der Waals surface area contributed by atoms with Crippen LogP contribution in [0.1, 0.15) is 245 Å². The van der Waals surface area contributed by atoms with Gasteiger partial charge in [0.15, 0.2) is 6.10 Å². The van der Waals surface area contributed by atoms with Crippen LogP contribution in [0.2, 0.25) is 0 Å². The van der Waals surface area contributed by atoms with Crippen molar-refractivity contribution in [3.05, 3.63) is 12.2 Å². The molecule has 0 saturated heterocycles. The maximum atomic E-state index is 12.2. The monoisotopic (exact) mass is 707 g/mol.